The van der Waals surface area contributed by atoms with Crippen molar-refractivity contribution in [2.45, 2.75) is 0 Å². The van der Waals surface area contributed by atoms with E-state index in [1.807, 2.05) is 0 Å². The van der Waals surface area contributed by atoms with E-state index >= 15 is 0 Å². The lowest BCUT2D eigenvalue weighted by Crippen LogP contribution is -2.15. The van der Waals surface area contributed by atoms with Crippen molar-refractivity contribution < 1.29 is 13.2 Å². The number of rotatable bonds is 1. The molecule has 0 unspecified atom stereocenters. The molecule has 0 saturated carbocycles. The fourth-order valence-corrected chi connectivity index (χ4v) is 1.99. The Kier molecular flexibility index (Phi) is 2.20. The van der Waals surface area contributed by atoms with Crippen LogP contribution in [-0.4, -0.2) is 13.6 Å². The molecule has 5 nitrogen and oxygen atoms in total. The first kappa shape index (κ1) is 9.72. The lowest BCUT2D eigenvalue weighted by molar-refractivity contribution is 0.549. The van der Waals surface area contributed by atoms with E-state index in [9.17, 15) is 8.42 Å². The molecule has 1 aromatic rings. The number of sulfone groups is 1. The third kappa shape index (κ3) is 1.99. The van der Waals surface area contributed by atoms with Crippen LogP contribution in [0.25, 0.3) is 0 Å². The van der Waals surface area contributed by atoms with Crippen LogP contribution < -0.4 is 10.5 Å². The number of benzene rings is 1. The van der Waals surface area contributed by atoms with E-state index in [2.05, 4.69) is 4.99 Å². The second kappa shape index (κ2) is 3.39. The third-order valence-corrected chi connectivity index (χ3v) is 2.90. The molecule has 0 spiro atoms. The minimum Gasteiger partial charge on any atom is -0.430 e. The Morgan fingerprint density at radius 1 is 1.20 bits per heavy atom. The minimum atomic E-state index is -3.59. The van der Waals surface area contributed by atoms with Gasteiger partial charge in [-0.05, 0) is 12.1 Å². The van der Waals surface area contributed by atoms with Gasteiger partial charge < -0.3 is 10.5 Å². The third-order valence-electron chi connectivity index (χ3n) is 1.69. The van der Waals surface area contributed by atoms with Gasteiger partial charge >= 0.3 is 5.23 Å². The number of nitrogens with zero attached hydrogens (tertiary/aromatic N) is 1. The van der Waals surface area contributed by atoms with Crippen LogP contribution in [0.2, 0.25) is 0 Å². The Morgan fingerprint density at radius 3 is 2.40 bits per heavy atom. The molecular weight excluding hydrogens is 216 g/mol. The molecule has 0 amide bonds. The fourth-order valence-electron chi connectivity index (χ4n) is 1.08. The number of ether oxygens (including phenoxy) is 1. The predicted octanol–water partition coefficient (Wildman–Crippen LogP) is 0.607. The lowest BCUT2D eigenvalue weighted by Gasteiger charge is -2.02. The number of hydrogen-bond donors (Lipinski definition) is 1. The molecule has 2 N–H and O–H groups in total. The highest BCUT2D eigenvalue weighted by Crippen LogP contribution is 2.16. The molecule has 0 radical (unpaired) electrons. The summed E-state index contributed by atoms with van der Waals surface area (Å²) in [4.78, 5) is 3.58. The molecule has 1 aromatic carbocycles. The van der Waals surface area contributed by atoms with Gasteiger partial charge in [-0.15, -0.1) is 0 Å². The van der Waals surface area contributed by atoms with E-state index in [1.54, 1.807) is 30.3 Å². The molecule has 6 heteroatoms. The van der Waals surface area contributed by atoms with Gasteiger partial charge in [0.15, 0.2) is 0 Å². The number of hydrogen-bond acceptors (Lipinski definition) is 5. The number of nitrogens with two attached hydrogens (primary N) is 1. The van der Waals surface area contributed by atoms with Gasteiger partial charge in [0.2, 0.25) is 0 Å². The largest absolute Gasteiger partial charge is 0.430 e. The van der Waals surface area contributed by atoms with Crippen molar-refractivity contribution in [3.05, 3.63) is 41.6 Å². The Balaban J connectivity index is 2.27. The van der Waals surface area contributed by atoms with Crippen LogP contribution in [0.1, 0.15) is 0 Å². The molecule has 2 rings (SSSR count). The van der Waals surface area contributed by atoms with Crippen LogP contribution in [0.5, 0.6) is 5.75 Å². The van der Waals surface area contributed by atoms with Gasteiger partial charge in [0.1, 0.15) is 11.6 Å². The molecule has 0 aliphatic carbocycles. The molecule has 1 aliphatic heterocycles. The van der Waals surface area contributed by atoms with E-state index in [4.69, 9.17) is 10.5 Å². The van der Waals surface area contributed by atoms with E-state index < -0.39 is 9.84 Å². The SMILES string of the molecule is NC1=CS(=O)(=O)C(Oc2ccccc2)=N1. The Bertz CT molecular complexity index is 532. The smallest absolute Gasteiger partial charge is 0.321 e. The quantitative estimate of drug-likeness (QED) is 0.757. The maximum atomic E-state index is 11.4. The molecule has 1 aliphatic rings. The van der Waals surface area contributed by atoms with E-state index in [0.29, 0.717) is 5.75 Å². The normalized spacial score (nSPS) is 18.1. The van der Waals surface area contributed by atoms with Crippen molar-refractivity contribution >= 4 is 15.1 Å². The summed E-state index contributed by atoms with van der Waals surface area (Å²) in [6.45, 7) is 0. The summed E-state index contributed by atoms with van der Waals surface area (Å²) in [6, 6.07) is 8.52. The van der Waals surface area contributed by atoms with Gasteiger partial charge in [0.25, 0.3) is 9.84 Å². The van der Waals surface area contributed by atoms with Crippen LogP contribution in [0.4, 0.5) is 0 Å². The van der Waals surface area contributed by atoms with Crippen LogP contribution in [0.3, 0.4) is 0 Å². The molecule has 0 atom stereocenters. The van der Waals surface area contributed by atoms with Crippen molar-refractivity contribution in [3.63, 3.8) is 0 Å². The standard InChI is InChI=1S/C9H8N2O3S/c10-8-6-15(12,13)9(11-8)14-7-4-2-1-3-5-7/h1-6H,10H2. The van der Waals surface area contributed by atoms with Crippen molar-refractivity contribution in [2.24, 2.45) is 10.7 Å². The average Bonchev–Trinajstić information content (AvgIpc) is 2.41. The predicted molar refractivity (Wildman–Crippen MR) is 55.7 cm³/mol. The first-order valence-electron chi connectivity index (χ1n) is 4.12. The van der Waals surface area contributed by atoms with Gasteiger partial charge in [0, 0.05) is 0 Å². The van der Waals surface area contributed by atoms with Crippen LogP contribution in [0, 0.1) is 0 Å². The summed E-state index contributed by atoms with van der Waals surface area (Å²) in [5, 5.41) is 0.483. The zero-order chi connectivity index (χ0) is 10.9. The highest BCUT2D eigenvalue weighted by atomic mass is 32.2. The van der Waals surface area contributed by atoms with E-state index in [-0.39, 0.29) is 11.1 Å². The molecule has 0 aromatic heterocycles. The van der Waals surface area contributed by atoms with Gasteiger partial charge in [0.05, 0.1) is 5.41 Å². The van der Waals surface area contributed by atoms with Crippen LogP contribution in [0.15, 0.2) is 46.6 Å². The summed E-state index contributed by atoms with van der Waals surface area (Å²) >= 11 is 0. The van der Waals surface area contributed by atoms with Gasteiger partial charge in [-0.2, -0.15) is 4.99 Å². The second-order valence-corrected chi connectivity index (χ2v) is 4.56. The molecule has 0 bridgehead atoms. The molecular formula is C9H8N2O3S. The Labute approximate surface area is 86.8 Å². The summed E-state index contributed by atoms with van der Waals surface area (Å²) in [5.74, 6) is 0.337. The molecule has 15 heavy (non-hydrogen) atoms. The second-order valence-electron chi connectivity index (χ2n) is 2.88. The topological polar surface area (TPSA) is 81.8 Å². The van der Waals surface area contributed by atoms with Crippen LogP contribution in [-0.2, 0) is 9.84 Å². The maximum absolute atomic E-state index is 11.4. The molecule has 0 fully saturated rings. The molecule has 0 saturated heterocycles. The van der Waals surface area contributed by atoms with E-state index in [1.165, 1.54) is 0 Å². The van der Waals surface area contributed by atoms with Crippen LogP contribution >= 0.6 is 0 Å². The van der Waals surface area contributed by atoms with E-state index in [0.717, 1.165) is 5.41 Å². The summed E-state index contributed by atoms with van der Waals surface area (Å²) in [7, 11) is -3.59. The van der Waals surface area contributed by atoms with Gasteiger partial charge in [-0.25, -0.2) is 8.42 Å². The minimum absolute atomic E-state index is 0.0686. The Morgan fingerprint density at radius 2 is 1.87 bits per heavy atom. The first-order valence-corrected chi connectivity index (χ1v) is 5.66. The average molecular weight is 224 g/mol. The van der Waals surface area contributed by atoms with Crippen molar-refractivity contribution in [1.29, 1.82) is 0 Å². The monoisotopic (exact) mass is 224 g/mol. The number of aliphatic imine (C=N–C) groups is 1. The lowest BCUT2D eigenvalue weighted by atomic mass is 10.3. The zero-order valence-corrected chi connectivity index (χ0v) is 8.44. The molecule has 1 heterocycles. The highest BCUT2D eigenvalue weighted by molar-refractivity contribution is 8.08. The first-order chi connectivity index (χ1) is 7.08. The van der Waals surface area contributed by atoms with Crippen molar-refractivity contribution in [1.82, 2.24) is 0 Å². The number of para-hydroxylation sites is 1. The molecule has 78 valence electrons. The van der Waals surface area contributed by atoms with Crippen molar-refractivity contribution in [3.8, 4) is 5.75 Å². The maximum Gasteiger partial charge on any atom is 0.321 e. The summed E-state index contributed by atoms with van der Waals surface area (Å²) < 4.78 is 27.8. The Hall–Kier alpha value is -1.82. The van der Waals surface area contributed by atoms with Crippen molar-refractivity contribution in [2.75, 3.05) is 0 Å². The highest BCUT2D eigenvalue weighted by Gasteiger charge is 2.26. The van der Waals surface area contributed by atoms with Gasteiger partial charge in [-0.1, -0.05) is 18.2 Å². The summed E-state index contributed by atoms with van der Waals surface area (Å²) in [6.07, 6.45) is 0. The van der Waals surface area contributed by atoms with Gasteiger partial charge in [-0.3, -0.25) is 0 Å². The zero-order valence-electron chi connectivity index (χ0n) is 7.62. The summed E-state index contributed by atoms with van der Waals surface area (Å²) in [5.41, 5.74) is 5.27. The fraction of sp³-hybridized carbons (Fsp3) is 0.